The Labute approximate surface area is 158 Å². The van der Waals surface area contributed by atoms with Gasteiger partial charge >= 0.3 is 12.1 Å². The molecule has 0 heterocycles. The quantitative estimate of drug-likeness (QED) is 0.737. The number of hydrogen-bond donors (Lipinski definition) is 1. The fraction of sp³-hybridized carbons (Fsp3) is 0.235. The van der Waals surface area contributed by atoms with Crippen LogP contribution in [0.5, 0.6) is 11.5 Å². The average Bonchev–Trinajstić information content (AvgIpc) is 2.56. The molecular formula is C17H14ClF3O5S. The number of alkyl halides is 3. The highest BCUT2D eigenvalue weighted by Gasteiger charge is 2.36. The summed E-state index contributed by atoms with van der Waals surface area (Å²) in [5.74, 6) is -2.31. The minimum absolute atomic E-state index is 0.0254. The molecule has 10 heteroatoms. The molecule has 0 fully saturated rings. The van der Waals surface area contributed by atoms with Crippen LogP contribution in [0, 0.1) is 0 Å². The van der Waals surface area contributed by atoms with E-state index in [0.717, 1.165) is 12.1 Å². The molecule has 0 aliphatic carbocycles. The summed E-state index contributed by atoms with van der Waals surface area (Å²) in [6.45, 7) is 1.32. The van der Waals surface area contributed by atoms with E-state index in [0.29, 0.717) is 6.07 Å². The Morgan fingerprint density at radius 1 is 1.15 bits per heavy atom. The molecule has 0 saturated heterocycles. The van der Waals surface area contributed by atoms with E-state index >= 15 is 0 Å². The van der Waals surface area contributed by atoms with Crippen LogP contribution in [0.2, 0.25) is 5.02 Å². The first kappa shape index (κ1) is 21.0. The van der Waals surface area contributed by atoms with Crippen LogP contribution in [0.3, 0.4) is 0 Å². The molecule has 0 aliphatic heterocycles. The van der Waals surface area contributed by atoms with Gasteiger partial charge in [-0.3, -0.25) is 4.79 Å². The first-order valence-corrected chi connectivity index (χ1v) is 9.59. The summed E-state index contributed by atoms with van der Waals surface area (Å²) in [6.07, 6.45) is -5.24. The molecule has 0 aromatic heterocycles. The van der Waals surface area contributed by atoms with Gasteiger partial charge in [0.25, 0.3) is 0 Å². The van der Waals surface area contributed by atoms with Gasteiger partial charge in [-0.15, -0.1) is 0 Å². The summed E-state index contributed by atoms with van der Waals surface area (Å²) in [4.78, 5) is 10.3. The van der Waals surface area contributed by atoms with Crippen molar-refractivity contribution >= 4 is 27.4 Å². The molecule has 146 valence electrons. The van der Waals surface area contributed by atoms with Crippen LogP contribution in [-0.2, 0) is 27.2 Å². The maximum atomic E-state index is 13.4. The van der Waals surface area contributed by atoms with E-state index in [4.69, 9.17) is 21.4 Å². The van der Waals surface area contributed by atoms with Crippen molar-refractivity contribution in [1.29, 1.82) is 0 Å². The third kappa shape index (κ3) is 5.14. The van der Waals surface area contributed by atoms with E-state index < -0.39 is 38.2 Å². The second-order valence-corrected chi connectivity index (χ2v) is 8.18. The van der Waals surface area contributed by atoms with Crippen molar-refractivity contribution in [2.45, 2.75) is 24.4 Å². The van der Waals surface area contributed by atoms with Gasteiger partial charge in [-0.1, -0.05) is 24.6 Å². The van der Waals surface area contributed by atoms with Crippen molar-refractivity contribution in [3.8, 4) is 11.5 Å². The molecule has 2 aromatic carbocycles. The number of hydrogen-bond acceptors (Lipinski definition) is 4. The van der Waals surface area contributed by atoms with Gasteiger partial charge in [-0.05, 0) is 35.9 Å². The Bertz CT molecular complexity index is 971. The topological polar surface area (TPSA) is 80.7 Å². The summed E-state index contributed by atoms with van der Waals surface area (Å²) in [5.41, 5.74) is -1.00. The van der Waals surface area contributed by atoms with Crippen LogP contribution in [0.4, 0.5) is 13.2 Å². The monoisotopic (exact) mass is 422 g/mol. The molecule has 0 radical (unpaired) electrons. The van der Waals surface area contributed by atoms with E-state index in [1.165, 1.54) is 25.1 Å². The zero-order chi connectivity index (χ0) is 20.4. The van der Waals surface area contributed by atoms with Crippen molar-refractivity contribution in [2.24, 2.45) is 0 Å². The molecule has 0 spiro atoms. The van der Waals surface area contributed by atoms with Crippen molar-refractivity contribution in [3.05, 3.63) is 52.5 Å². The van der Waals surface area contributed by atoms with Crippen LogP contribution in [-0.4, -0.2) is 25.2 Å². The number of ether oxygens (including phenoxy) is 1. The number of carboxylic acids is 1. The summed E-state index contributed by atoms with van der Waals surface area (Å²) in [6, 6.07) is 6.34. The molecule has 0 bridgehead atoms. The summed E-state index contributed by atoms with van der Waals surface area (Å²) in [7, 11) is -3.85. The van der Waals surface area contributed by atoms with Crippen LogP contribution >= 0.6 is 11.6 Å². The molecule has 0 atom stereocenters. The average molecular weight is 423 g/mol. The Morgan fingerprint density at radius 3 is 2.37 bits per heavy atom. The first-order valence-electron chi connectivity index (χ1n) is 7.56. The number of aliphatic carboxylic acids is 1. The summed E-state index contributed by atoms with van der Waals surface area (Å²) in [5, 5.41) is 8.79. The van der Waals surface area contributed by atoms with Crippen molar-refractivity contribution in [2.75, 3.05) is 5.75 Å². The van der Waals surface area contributed by atoms with Gasteiger partial charge in [-0.25, -0.2) is 8.42 Å². The van der Waals surface area contributed by atoms with E-state index in [2.05, 4.69) is 0 Å². The van der Waals surface area contributed by atoms with Gasteiger partial charge in [0, 0.05) is 0 Å². The second-order valence-electron chi connectivity index (χ2n) is 5.50. The highest BCUT2D eigenvalue weighted by atomic mass is 35.5. The molecule has 2 aromatic rings. The minimum Gasteiger partial charge on any atom is -0.481 e. The lowest BCUT2D eigenvalue weighted by Crippen LogP contribution is -2.11. The lowest BCUT2D eigenvalue weighted by molar-refractivity contribution is -0.139. The predicted molar refractivity (Wildman–Crippen MR) is 92.0 cm³/mol. The van der Waals surface area contributed by atoms with E-state index in [9.17, 15) is 26.4 Å². The fourth-order valence-electron chi connectivity index (χ4n) is 2.21. The third-order valence-electron chi connectivity index (χ3n) is 3.57. The number of rotatable bonds is 6. The van der Waals surface area contributed by atoms with E-state index in [1.54, 1.807) is 0 Å². The second kappa shape index (κ2) is 7.77. The molecular weight excluding hydrogens is 409 g/mol. The SMILES string of the molecule is CCS(=O)(=O)c1ccc(Oc2cc(CC(=O)O)ccc2Cl)c(C(F)(F)F)c1. The molecule has 0 saturated carbocycles. The van der Waals surface area contributed by atoms with Crippen LogP contribution in [0.1, 0.15) is 18.1 Å². The van der Waals surface area contributed by atoms with Crippen molar-refractivity contribution < 1.29 is 36.2 Å². The Morgan fingerprint density at radius 2 is 1.81 bits per heavy atom. The van der Waals surface area contributed by atoms with Gasteiger partial charge in [0.15, 0.2) is 9.84 Å². The van der Waals surface area contributed by atoms with E-state index in [1.807, 2.05) is 0 Å². The molecule has 2 rings (SSSR count). The minimum atomic E-state index is -4.88. The number of carbonyl (C=O) groups is 1. The largest absolute Gasteiger partial charge is 0.481 e. The Balaban J connectivity index is 2.52. The van der Waals surface area contributed by atoms with Crippen LogP contribution in [0.25, 0.3) is 0 Å². The molecule has 27 heavy (non-hydrogen) atoms. The maximum absolute atomic E-state index is 13.4. The highest BCUT2D eigenvalue weighted by Crippen LogP contribution is 2.41. The fourth-order valence-corrected chi connectivity index (χ4v) is 3.27. The Hall–Kier alpha value is -2.26. The normalized spacial score (nSPS) is 12.0. The third-order valence-corrected chi connectivity index (χ3v) is 5.61. The standard InChI is InChI=1S/C17H14ClF3O5S/c1-2-27(24,25)11-4-6-14(12(9-11)17(19,20)21)26-15-7-10(8-16(22)23)3-5-13(15)18/h3-7,9H,2,8H2,1H3,(H,22,23). The lowest BCUT2D eigenvalue weighted by Gasteiger charge is -2.16. The number of carboxylic acid groups (broad SMARTS) is 1. The summed E-state index contributed by atoms with van der Waals surface area (Å²) < 4.78 is 69.2. The summed E-state index contributed by atoms with van der Waals surface area (Å²) >= 11 is 5.93. The highest BCUT2D eigenvalue weighted by molar-refractivity contribution is 7.91. The van der Waals surface area contributed by atoms with Gasteiger partial charge < -0.3 is 9.84 Å². The number of halogens is 4. The molecule has 1 N–H and O–H groups in total. The van der Waals surface area contributed by atoms with Crippen LogP contribution < -0.4 is 4.74 Å². The molecule has 0 amide bonds. The predicted octanol–water partition coefficient (Wildman–Crippen LogP) is 4.57. The smallest absolute Gasteiger partial charge is 0.420 e. The lowest BCUT2D eigenvalue weighted by atomic mass is 10.1. The van der Waals surface area contributed by atoms with Gasteiger partial charge in [0.2, 0.25) is 0 Å². The molecule has 0 aliphatic rings. The van der Waals surface area contributed by atoms with Crippen molar-refractivity contribution in [3.63, 3.8) is 0 Å². The maximum Gasteiger partial charge on any atom is 0.420 e. The van der Waals surface area contributed by atoms with Gasteiger partial charge in [0.1, 0.15) is 11.5 Å². The zero-order valence-electron chi connectivity index (χ0n) is 13.9. The number of sulfone groups is 1. The Kier molecular flexibility index (Phi) is 6.06. The van der Waals surface area contributed by atoms with E-state index in [-0.39, 0.29) is 28.5 Å². The van der Waals surface area contributed by atoms with Gasteiger partial charge in [-0.2, -0.15) is 13.2 Å². The number of benzene rings is 2. The molecule has 5 nitrogen and oxygen atoms in total. The van der Waals surface area contributed by atoms with Gasteiger partial charge in [0.05, 0.1) is 27.7 Å². The van der Waals surface area contributed by atoms with Crippen molar-refractivity contribution in [1.82, 2.24) is 0 Å². The zero-order valence-corrected chi connectivity index (χ0v) is 15.5. The molecule has 0 unspecified atom stereocenters. The van der Waals surface area contributed by atoms with Crippen LogP contribution in [0.15, 0.2) is 41.3 Å². The first-order chi connectivity index (χ1) is 12.4.